The van der Waals surface area contributed by atoms with Gasteiger partial charge in [-0.3, -0.25) is 0 Å². The number of nitrogens with zero attached hydrogens (tertiary/aromatic N) is 1. The molecule has 2 atom stereocenters. The molecule has 4 aromatic carbocycles. The fourth-order valence-corrected chi connectivity index (χ4v) is 5.73. The van der Waals surface area contributed by atoms with Crippen LogP contribution in [-0.4, -0.2) is 68.9 Å². The zero-order valence-electron chi connectivity index (χ0n) is 29.3. The summed E-state index contributed by atoms with van der Waals surface area (Å²) >= 11 is 0. The van der Waals surface area contributed by atoms with Gasteiger partial charge in [-0.1, -0.05) is 66.7 Å². The summed E-state index contributed by atoms with van der Waals surface area (Å²) in [6.07, 6.45) is 0.459. The first-order valence-electron chi connectivity index (χ1n) is 17.0. The van der Waals surface area contributed by atoms with Gasteiger partial charge in [0, 0.05) is 24.3 Å². The molecule has 1 saturated heterocycles. The van der Waals surface area contributed by atoms with E-state index in [1.165, 1.54) is 7.11 Å². The van der Waals surface area contributed by atoms with Crippen molar-refractivity contribution in [2.75, 3.05) is 40.0 Å². The molecule has 0 aromatic heterocycles. The first-order valence-corrected chi connectivity index (χ1v) is 17.0. The molecule has 1 aliphatic heterocycles. The molecule has 10 heteroatoms. The molecule has 5 rings (SSSR count). The van der Waals surface area contributed by atoms with Gasteiger partial charge in [-0.2, -0.15) is 0 Å². The Morgan fingerprint density at radius 1 is 0.840 bits per heavy atom. The maximum absolute atomic E-state index is 12.5. The molecule has 0 bridgehead atoms. The number of carbonyl (C=O) groups is 2. The lowest BCUT2D eigenvalue weighted by Crippen LogP contribution is -2.45. The van der Waals surface area contributed by atoms with E-state index in [0.717, 1.165) is 39.6 Å². The number of benzene rings is 4. The zero-order valence-corrected chi connectivity index (χ0v) is 29.3. The standard InChI is InChI=1S/C40H47NO9/c1-40(2,3)49-39(43)50-41-21-20-34(32-16-18-33(19-17-32)46-23-9-22-45-26-29-10-6-5-7-11-29)37(25-41)47-27-30-14-15-31-12-8-13-36(35(31)24-30)48-28-38(42)44-4/h5-8,10-19,24,34,37H,9,20-23,25-28H2,1-4H3. The van der Waals surface area contributed by atoms with Gasteiger partial charge in [0.15, 0.2) is 6.61 Å². The minimum atomic E-state index is -0.740. The Labute approximate surface area is 294 Å². The molecule has 0 aliphatic carbocycles. The van der Waals surface area contributed by atoms with E-state index in [1.54, 1.807) is 25.8 Å². The smallest absolute Gasteiger partial charge is 0.494 e. The molecular formula is C40H47NO9. The quantitative estimate of drug-likeness (QED) is 0.0918. The highest BCUT2D eigenvalue weighted by Gasteiger charge is 2.34. The first-order chi connectivity index (χ1) is 24.2. The molecule has 2 unspecified atom stereocenters. The fraction of sp³-hybridized carbons (Fsp3) is 0.400. The second kappa shape index (κ2) is 17.8. The average Bonchev–Trinajstić information content (AvgIpc) is 3.11. The molecule has 1 aliphatic rings. The molecule has 0 spiro atoms. The summed E-state index contributed by atoms with van der Waals surface area (Å²) in [7, 11) is 1.33. The molecule has 4 aromatic rings. The summed E-state index contributed by atoms with van der Waals surface area (Å²) in [5.74, 6) is 0.977. The van der Waals surface area contributed by atoms with Gasteiger partial charge in [0.1, 0.15) is 17.1 Å². The SMILES string of the molecule is COC(=O)COc1cccc2ccc(COC3CN(OC(=O)OC(C)(C)C)CCC3c3ccc(OCCCOCc4ccccc4)cc3)cc12. The number of ether oxygens (including phenoxy) is 6. The van der Waals surface area contributed by atoms with Crippen molar-refractivity contribution in [3.63, 3.8) is 0 Å². The minimum Gasteiger partial charge on any atom is -0.494 e. The van der Waals surface area contributed by atoms with Gasteiger partial charge >= 0.3 is 12.1 Å². The van der Waals surface area contributed by atoms with Crippen molar-refractivity contribution in [1.29, 1.82) is 0 Å². The van der Waals surface area contributed by atoms with Crippen LogP contribution in [0, 0.1) is 0 Å². The monoisotopic (exact) mass is 685 g/mol. The van der Waals surface area contributed by atoms with Gasteiger partial charge in [0.2, 0.25) is 0 Å². The second-order valence-electron chi connectivity index (χ2n) is 13.2. The molecule has 1 fully saturated rings. The predicted octanol–water partition coefficient (Wildman–Crippen LogP) is 7.62. The summed E-state index contributed by atoms with van der Waals surface area (Å²) in [6, 6.07) is 30.0. The molecule has 1 heterocycles. The summed E-state index contributed by atoms with van der Waals surface area (Å²) in [5, 5.41) is 3.46. The van der Waals surface area contributed by atoms with Crippen molar-refractivity contribution < 1.29 is 42.8 Å². The van der Waals surface area contributed by atoms with Gasteiger partial charge in [-0.15, -0.1) is 5.06 Å². The number of carbonyl (C=O) groups excluding carboxylic acids is 2. The summed E-state index contributed by atoms with van der Waals surface area (Å²) in [6.45, 7) is 8.20. The Morgan fingerprint density at radius 2 is 1.64 bits per heavy atom. The highest BCUT2D eigenvalue weighted by atomic mass is 16.8. The number of fused-ring (bicyclic) bond motifs is 1. The van der Waals surface area contributed by atoms with Crippen LogP contribution in [0.4, 0.5) is 4.79 Å². The van der Waals surface area contributed by atoms with Gasteiger partial charge in [-0.25, -0.2) is 9.59 Å². The van der Waals surface area contributed by atoms with Gasteiger partial charge in [0.05, 0.1) is 46.2 Å². The second-order valence-corrected chi connectivity index (χ2v) is 13.2. The largest absolute Gasteiger partial charge is 0.528 e. The maximum Gasteiger partial charge on any atom is 0.528 e. The predicted molar refractivity (Wildman–Crippen MR) is 189 cm³/mol. The van der Waals surface area contributed by atoms with E-state index in [-0.39, 0.29) is 18.6 Å². The minimum absolute atomic E-state index is 0.0494. The van der Waals surface area contributed by atoms with Crippen molar-refractivity contribution in [3.8, 4) is 11.5 Å². The van der Waals surface area contributed by atoms with E-state index in [2.05, 4.69) is 24.3 Å². The summed E-state index contributed by atoms with van der Waals surface area (Å²) < 4.78 is 34.2. The average molecular weight is 686 g/mol. The number of hydrogen-bond donors (Lipinski definition) is 0. The van der Waals surface area contributed by atoms with Crippen LogP contribution in [0.25, 0.3) is 10.8 Å². The van der Waals surface area contributed by atoms with Crippen LogP contribution in [0.15, 0.2) is 91.0 Å². The van der Waals surface area contributed by atoms with E-state index >= 15 is 0 Å². The van der Waals surface area contributed by atoms with Crippen LogP contribution in [0.1, 0.15) is 56.2 Å². The topological polar surface area (TPSA) is 102 Å². The number of hydrogen-bond acceptors (Lipinski definition) is 10. The third-order valence-electron chi connectivity index (χ3n) is 8.18. The number of esters is 1. The third kappa shape index (κ3) is 11.2. The van der Waals surface area contributed by atoms with E-state index < -0.39 is 17.7 Å². The van der Waals surface area contributed by atoms with Crippen molar-refractivity contribution in [2.24, 2.45) is 0 Å². The molecule has 10 nitrogen and oxygen atoms in total. The van der Waals surface area contributed by atoms with E-state index in [0.29, 0.717) is 51.7 Å². The highest BCUT2D eigenvalue weighted by Crippen LogP contribution is 2.33. The molecule has 266 valence electrons. The van der Waals surface area contributed by atoms with Crippen LogP contribution in [0.5, 0.6) is 11.5 Å². The number of piperidine rings is 1. The van der Waals surface area contributed by atoms with Gasteiger partial charge in [-0.05, 0) is 73.5 Å². The normalized spacial score (nSPS) is 16.5. The van der Waals surface area contributed by atoms with E-state index in [1.807, 2.05) is 66.7 Å². The van der Waals surface area contributed by atoms with E-state index in [4.69, 9.17) is 33.3 Å². The molecular weight excluding hydrogens is 638 g/mol. The number of methoxy groups -OCH3 is 1. The van der Waals surface area contributed by atoms with Gasteiger partial charge in [0.25, 0.3) is 0 Å². The van der Waals surface area contributed by atoms with Crippen LogP contribution in [-0.2, 0) is 41.8 Å². The lowest BCUT2D eigenvalue weighted by atomic mass is 9.87. The molecule has 0 radical (unpaired) electrons. The number of hydroxylamine groups is 2. The van der Waals surface area contributed by atoms with E-state index in [9.17, 15) is 9.59 Å². The van der Waals surface area contributed by atoms with Crippen LogP contribution >= 0.6 is 0 Å². The molecule has 50 heavy (non-hydrogen) atoms. The molecule has 0 amide bonds. The lowest BCUT2D eigenvalue weighted by Gasteiger charge is -2.37. The molecule has 0 saturated carbocycles. The Kier molecular flexibility index (Phi) is 13.1. The summed E-state index contributed by atoms with van der Waals surface area (Å²) in [4.78, 5) is 29.8. The molecule has 0 N–H and O–H groups in total. The van der Waals surface area contributed by atoms with Crippen LogP contribution < -0.4 is 9.47 Å². The maximum atomic E-state index is 12.5. The fourth-order valence-electron chi connectivity index (χ4n) is 5.73. The Morgan fingerprint density at radius 3 is 2.40 bits per heavy atom. The Hall–Kier alpha value is -4.64. The van der Waals surface area contributed by atoms with Crippen molar-refractivity contribution >= 4 is 22.9 Å². The zero-order chi connectivity index (χ0) is 35.3. The van der Waals surface area contributed by atoms with Crippen LogP contribution in [0.3, 0.4) is 0 Å². The first kappa shape index (κ1) is 36.6. The summed E-state index contributed by atoms with van der Waals surface area (Å²) in [5.41, 5.74) is 2.54. The number of rotatable bonds is 15. The highest BCUT2D eigenvalue weighted by molar-refractivity contribution is 5.89. The van der Waals surface area contributed by atoms with Crippen LogP contribution in [0.2, 0.25) is 0 Å². The van der Waals surface area contributed by atoms with Gasteiger partial charge < -0.3 is 33.3 Å². The van der Waals surface area contributed by atoms with Crippen molar-refractivity contribution in [3.05, 3.63) is 108 Å². The Balaban J connectivity index is 1.22. The third-order valence-corrected chi connectivity index (χ3v) is 8.18. The Bertz CT molecular complexity index is 1670. The lowest BCUT2D eigenvalue weighted by molar-refractivity contribution is -0.179. The van der Waals surface area contributed by atoms with Crippen molar-refractivity contribution in [2.45, 2.75) is 64.4 Å². The van der Waals surface area contributed by atoms with Crippen molar-refractivity contribution in [1.82, 2.24) is 5.06 Å².